The molecule has 1 aliphatic heterocycles. The van der Waals surface area contributed by atoms with Crippen LogP contribution in [0.5, 0.6) is 5.75 Å². The van der Waals surface area contributed by atoms with Crippen LogP contribution in [-0.2, 0) is 36.9 Å². The van der Waals surface area contributed by atoms with Gasteiger partial charge in [0.15, 0.2) is 11.6 Å². The SMILES string of the molecule is O=C1C(c2ccccc2)=CC(=O)[C@@]2(c3ccccc3)[C@@H](c3cc(Br)ccc3O)C3=CC[C@@H]4C(=O)N(c5cc(C(F)(F)F)cc(C(F)(F)F)c5)C(=O)[C@@H]4[C@@H]3C[C@@H]12. The van der Waals surface area contributed by atoms with E-state index in [0.717, 1.165) is 0 Å². The molecule has 4 aromatic carbocycles. The molecule has 6 nitrogen and oxygen atoms in total. The number of nitrogens with zero attached hydrogens (tertiary/aromatic N) is 1. The van der Waals surface area contributed by atoms with Gasteiger partial charge in [-0.05, 0) is 72.4 Å². The number of phenols is 1. The van der Waals surface area contributed by atoms with Gasteiger partial charge in [0, 0.05) is 27.4 Å². The lowest BCUT2D eigenvalue weighted by Gasteiger charge is -2.55. The number of benzene rings is 4. The third-order valence-corrected chi connectivity index (χ3v) is 12.0. The highest BCUT2D eigenvalue weighted by Gasteiger charge is 2.66. The molecule has 0 aromatic heterocycles. The van der Waals surface area contributed by atoms with Crippen LogP contribution in [0.25, 0.3) is 5.57 Å². The van der Waals surface area contributed by atoms with Crippen molar-refractivity contribution in [3.8, 4) is 5.75 Å². The highest BCUT2D eigenvalue weighted by Crippen LogP contribution is 2.64. The Kier molecular flexibility index (Phi) is 8.60. The molecule has 0 bridgehead atoms. The molecule has 2 amide bonds. The van der Waals surface area contributed by atoms with E-state index in [4.69, 9.17) is 0 Å². The van der Waals surface area contributed by atoms with Gasteiger partial charge in [-0.3, -0.25) is 19.2 Å². The highest BCUT2D eigenvalue weighted by molar-refractivity contribution is 9.10. The minimum absolute atomic E-state index is 0.0792. The predicted octanol–water partition coefficient (Wildman–Crippen LogP) is 9.22. The van der Waals surface area contributed by atoms with Crippen LogP contribution in [0, 0.1) is 23.7 Å². The molecule has 13 heteroatoms. The minimum atomic E-state index is -5.23. The Bertz CT molecular complexity index is 2320. The summed E-state index contributed by atoms with van der Waals surface area (Å²) >= 11 is 3.46. The van der Waals surface area contributed by atoms with Gasteiger partial charge < -0.3 is 5.11 Å². The van der Waals surface area contributed by atoms with Crippen molar-refractivity contribution in [2.75, 3.05) is 4.90 Å². The van der Waals surface area contributed by atoms with Gasteiger partial charge in [-0.15, -0.1) is 0 Å². The molecular formula is C42H28BrF6NO5. The first-order chi connectivity index (χ1) is 26.0. The van der Waals surface area contributed by atoms with Crippen LogP contribution in [0.4, 0.5) is 32.0 Å². The number of aromatic hydroxyl groups is 1. The van der Waals surface area contributed by atoms with Crippen molar-refractivity contribution in [2.24, 2.45) is 23.7 Å². The van der Waals surface area contributed by atoms with Crippen molar-refractivity contribution in [2.45, 2.75) is 36.5 Å². The Balaban J connectivity index is 1.34. The summed E-state index contributed by atoms with van der Waals surface area (Å²) in [5, 5.41) is 11.5. The second kappa shape index (κ2) is 12.9. The Morgan fingerprint density at radius 3 is 1.98 bits per heavy atom. The topological polar surface area (TPSA) is 91.8 Å². The molecule has 55 heavy (non-hydrogen) atoms. The lowest BCUT2D eigenvalue weighted by molar-refractivity contribution is -0.143. The molecule has 1 saturated heterocycles. The molecule has 1 saturated carbocycles. The number of halogens is 7. The number of anilines is 1. The molecule has 0 spiro atoms. The fourth-order valence-corrected chi connectivity index (χ4v) is 9.68. The summed E-state index contributed by atoms with van der Waals surface area (Å²) in [5.41, 5.74) is -4.16. The third-order valence-electron chi connectivity index (χ3n) is 11.5. The number of ketones is 2. The zero-order valence-corrected chi connectivity index (χ0v) is 30.0. The summed E-state index contributed by atoms with van der Waals surface area (Å²) < 4.78 is 83.9. The van der Waals surface area contributed by atoms with Crippen molar-refractivity contribution in [3.63, 3.8) is 0 Å². The average Bonchev–Trinajstić information content (AvgIpc) is 3.41. The number of allylic oxidation sites excluding steroid dienone is 4. The number of rotatable bonds is 4. The van der Waals surface area contributed by atoms with E-state index >= 15 is 4.79 Å². The fraction of sp³-hybridized carbons (Fsp3) is 0.238. The monoisotopic (exact) mass is 819 g/mol. The number of fused-ring (bicyclic) bond motifs is 4. The maximum absolute atomic E-state index is 15.1. The van der Waals surface area contributed by atoms with Gasteiger partial charge in [0.25, 0.3) is 0 Å². The largest absolute Gasteiger partial charge is 0.508 e. The molecule has 1 N–H and O–H groups in total. The molecule has 280 valence electrons. The quantitative estimate of drug-likeness (QED) is 0.126. The maximum atomic E-state index is 15.1. The number of hydrogen-bond donors (Lipinski definition) is 1. The number of amides is 2. The summed E-state index contributed by atoms with van der Waals surface area (Å²) in [6, 6.07) is 22.3. The molecule has 2 fully saturated rings. The predicted molar refractivity (Wildman–Crippen MR) is 191 cm³/mol. The van der Waals surface area contributed by atoms with Crippen molar-refractivity contribution >= 4 is 50.6 Å². The van der Waals surface area contributed by atoms with Crippen LogP contribution in [0.1, 0.15) is 46.6 Å². The third kappa shape index (κ3) is 5.68. The summed E-state index contributed by atoms with van der Waals surface area (Å²) in [5.74, 6) is -8.84. The molecule has 8 rings (SSSR count). The second-order valence-electron chi connectivity index (χ2n) is 14.3. The first-order valence-electron chi connectivity index (χ1n) is 17.3. The molecule has 1 heterocycles. The van der Waals surface area contributed by atoms with E-state index in [1.165, 1.54) is 12.1 Å². The lowest BCUT2D eigenvalue weighted by atomic mass is 9.44. The van der Waals surface area contributed by atoms with E-state index in [1.807, 2.05) is 0 Å². The van der Waals surface area contributed by atoms with Gasteiger partial charge in [0.1, 0.15) is 5.75 Å². The van der Waals surface area contributed by atoms with Gasteiger partial charge in [-0.1, -0.05) is 88.2 Å². The number of alkyl halides is 6. The molecule has 6 atom stereocenters. The number of hydrogen-bond acceptors (Lipinski definition) is 5. The molecule has 0 unspecified atom stereocenters. The van der Waals surface area contributed by atoms with Crippen LogP contribution in [0.2, 0.25) is 0 Å². The van der Waals surface area contributed by atoms with Crippen molar-refractivity contribution in [3.05, 3.63) is 147 Å². The zero-order valence-electron chi connectivity index (χ0n) is 28.4. The van der Waals surface area contributed by atoms with Crippen molar-refractivity contribution < 1.29 is 50.6 Å². The van der Waals surface area contributed by atoms with E-state index in [-0.39, 0.29) is 35.8 Å². The molecule has 0 radical (unpaired) electrons. The second-order valence-corrected chi connectivity index (χ2v) is 15.2. The number of carbonyl (C=O) groups is 4. The summed E-state index contributed by atoms with van der Waals surface area (Å²) in [6.07, 6.45) is -7.78. The van der Waals surface area contributed by atoms with E-state index in [0.29, 0.717) is 38.2 Å². The van der Waals surface area contributed by atoms with Gasteiger partial charge in [0.2, 0.25) is 11.8 Å². The Labute approximate surface area is 318 Å². The average molecular weight is 821 g/mol. The zero-order chi connectivity index (χ0) is 39.2. The number of phenolic OH excluding ortho intramolecular Hbond substituents is 1. The first kappa shape index (κ1) is 36.7. The normalized spacial score (nSPS) is 26.6. The lowest BCUT2D eigenvalue weighted by Crippen LogP contribution is -2.58. The molecule has 3 aliphatic carbocycles. The Morgan fingerprint density at radius 1 is 0.745 bits per heavy atom. The van der Waals surface area contributed by atoms with Gasteiger partial charge in [-0.2, -0.15) is 26.3 Å². The van der Waals surface area contributed by atoms with Gasteiger partial charge in [0.05, 0.1) is 34.1 Å². The summed E-state index contributed by atoms with van der Waals surface area (Å²) in [4.78, 5) is 59.0. The van der Waals surface area contributed by atoms with E-state index in [9.17, 15) is 45.8 Å². The number of imide groups is 1. The minimum Gasteiger partial charge on any atom is -0.508 e. The van der Waals surface area contributed by atoms with E-state index < -0.39 is 87.6 Å². The smallest absolute Gasteiger partial charge is 0.416 e. The van der Waals surface area contributed by atoms with Crippen LogP contribution in [0.3, 0.4) is 0 Å². The van der Waals surface area contributed by atoms with Crippen LogP contribution in [0.15, 0.2) is 119 Å². The molecule has 4 aromatic rings. The first-order valence-corrected chi connectivity index (χ1v) is 18.1. The highest BCUT2D eigenvalue weighted by atomic mass is 79.9. The van der Waals surface area contributed by atoms with Crippen LogP contribution < -0.4 is 4.90 Å². The van der Waals surface area contributed by atoms with Crippen LogP contribution in [-0.4, -0.2) is 28.5 Å². The Morgan fingerprint density at radius 2 is 1.36 bits per heavy atom. The van der Waals surface area contributed by atoms with Crippen LogP contribution >= 0.6 is 15.9 Å². The summed E-state index contributed by atoms with van der Waals surface area (Å²) in [7, 11) is 0. The van der Waals surface area contributed by atoms with Gasteiger partial charge >= 0.3 is 12.4 Å². The van der Waals surface area contributed by atoms with Crippen molar-refractivity contribution in [1.29, 1.82) is 0 Å². The van der Waals surface area contributed by atoms with Gasteiger partial charge in [-0.25, -0.2) is 4.90 Å². The standard InChI is InChI=1S/C42H28BrF6NO5/c43-25-11-14-33(51)31(18-25)36-27-12-13-28-35(39(55)50(38(28)54)26-16-23(41(44,45)46)15-24(17-26)42(47,48)49)30(27)19-32-37(53)29(21-7-3-1-4-8-21)20-34(52)40(32,36)22-9-5-2-6-10-22/h1-12,14-18,20,28,30,32,35-36,51H,13,19H2/t28-,30+,32-,35-,36+,40-/m0/s1. The molecule has 4 aliphatic rings. The van der Waals surface area contributed by atoms with E-state index in [2.05, 4.69) is 15.9 Å². The van der Waals surface area contributed by atoms with E-state index in [1.54, 1.807) is 78.9 Å². The Hall–Kier alpha value is -5.30. The maximum Gasteiger partial charge on any atom is 0.416 e. The number of carbonyl (C=O) groups excluding carboxylic acids is 4. The number of Topliss-reactive ketones (excluding diaryl/α,β-unsaturated/α-hetero) is 1. The molecular weight excluding hydrogens is 792 g/mol. The van der Waals surface area contributed by atoms with Crippen molar-refractivity contribution in [1.82, 2.24) is 0 Å². The summed E-state index contributed by atoms with van der Waals surface area (Å²) in [6.45, 7) is 0. The fourth-order valence-electron chi connectivity index (χ4n) is 9.30.